The average molecular weight is 260 g/mol. The summed E-state index contributed by atoms with van der Waals surface area (Å²) < 4.78 is 25.8. The van der Waals surface area contributed by atoms with Gasteiger partial charge in [-0.1, -0.05) is 6.07 Å². The standard InChI is InChI=1S/C10H16N2O4S/c1-2-17(15,16)11-7-9(13)8-12-6-4-3-5-10(12)14/h3-6,9,11,13H,2,7-8H2,1H3. The zero-order chi connectivity index (χ0) is 12.9. The molecule has 6 nitrogen and oxygen atoms in total. The second-order valence-electron chi connectivity index (χ2n) is 3.60. The van der Waals surface area contributed by atoms with Gasteiger partial charge < -0.3 is 9.67 Å². The molecule has 0 saturated carbocycles. The molecule has 0 aliphatic carbocycles. The van der Waals surface area contributed by atoms with Gasteiger partial charge >= 0.3 is 0 Å². The van der Waals surface area contributed by atoms with Crippen molar-refractivity contribution in [3.05, 3.63) is 34.7 Å². The molecule has 0 aromatic carbocycles. The van der Waals surface area contributed by atoms with Crippen LogP contribution in [0.25, 0.3) is 0 Å². The first-order chi connectivity index (χ1) is 7.94. The van der Waals surface area contributed by atoms with Gasteiger partial charge in [0.2, 0.25) is 10.0 Å². The molecule has 2 N–H and O–H groups in total. The molecule has 17 heavy (non-hydrogen) atoms. The Hall–Kier alpha value is -1.18. The maximum absolute atomic E-state index is 11.3. The number of sulfonamides is 1. The molecule has 1 aromatic heterocycles. The smallest absolute Gasteiger partial charge is 0.250 e. The molecule has 0 radical (unpaired) electrons. The summed E-state index contributed by atoms with van der Waals surface area (Å²) in [5, 5.41) is 9.60. The fourth-order valence-electron chi connectivity index (χ4n) is 1.23. The van der Waals surface area contributed by atoms with Gasteiger partial charge in [0.1, 0.15) is 0 Å². The highest BCUT2D eigenvalue weighted by Crippen LogP contribution is 1.90. The Balaban J connectivity index is 2.54. The lowest BCUT2D eigenvalue weighted by Gasteiger charge is -2.13. The predicted octanol–water partition coefficient (Wildman–Crippen LogP) is -0.851. The van der Waals surface area contributed by atoms with Crippen LogP contribution in [0.1, 0.15) is 6.92 Å². The lowest BCUT2D eigenvalue weighted by atomic mass is 10.3. The normalized spacial score (nSPS) is 13.5. The molecule has 0 aliphatic rings. The van der Waals surface area contributed by atoms with E-state index in [0.717, 1.165) is 0 Å². The van der Waals surface area contributed by atoms with Crippen molar-refractivity contribution in [1.29, 1.82) is 0 Å². The van der Waals surface area contributed by atoms with Crippen LogP contribution in [-0.4, -0.2) is 36.5 Å². The van der Waals surface area contributed by atoms with Gasteiger partial charge in [-0.05, 0) is 13.0 Å². The summed E-state index contributed by atoms with van der Waals surface area (Å²) in [6.45, 7) is 1.47. The maximum Gasteiger partial charge on any atom is 0.250 e. The van der Waals surface area contributed by atoms with E-state index in [0.29, 0.717) is 0 Å². The van der Waals surface area contributed by atoms with Gasteiger partial charge in [-0.2, -0.15) is 0 Å². The number of aromatic nitrogens is 1. The quantitative estimate of drug-likeness (QED) is 0.697. The number of pyridine rings is 1. The van der Waals surface area contributed by atoms with Crippen molar-refractivity contribution in [2.24, 2.45) is 0 Å². The second kappa shape index (κ2) is 5.95. The highest BCUT2D eigenvalue weighted by atomic mass is 32.2. The summed E-state index contributed by atoms with van der Waals surface area (Å²) in [6, 6.07) is 4.65. The van der Waals surface area contributed by atoms with Crippen LogP contribution in [0.3, 0.4) is 0 Å². The SMILES string of the molecule is CCS(=O)(=O)NCC(O)Cn1ccccc1=O. The second-order valence-corrected chi connectivity index (χ2v) is 5.69. The van der Waals surface area contributed by atoms with Crippen LogP contribution in [0.2, 0.25) is 0 Å². The van der Waals surface area contributed by atoms with E-state index in [9.17, 15) is 18.3 Å². The van der Waals surface area contributed by atoms with Gasteiger partial charge in [0.05, 0.1) is 18.4 Å². The van der Waals surface area contributed by atoms with Gasteiger partial charge in [-0.3, -0.25) is 4.79 Å². The molecular weight excluding hydrogens is 244 g/mol. The first-order valence-corrected chi connectivity index (χ1v) is 6.90. The summed E-state index contributed by atoms with van der Waals surface area (Å²) in [7, 11) is -3.31. The van der Waals surface area contributed by atoms with Gasteiger partial charge in [0.15, 0.2) is 0 Å². The van der Waals surface area contributed by atoms with E-state index >= 15 is 0 Å². The minimum Gasteiger partial charge on any atom is -0.390 e. The average Bonchev–Trinajstić information content (AvgIpc) is 2.30. The van der Waals surface area contributed by atoms with E-state index in [1.165, 1.54) is 17.6 Å². The van der Waals surface area contributed by atoms with Crippen molar-refractivity contribution in [2.75, 3.05) is 12.3 Å². The number of hydrogen-bond donors (Lipinski definition) is 2. The van der Waals surface area contributed by atoms with E-state index in [1.807, 2.05) is 0 Å². The molecule has 1 atom stereocenters. The first-order valence-electron chi connectivity index (χ1n) is 5.25. The minimum absolute atomic E-state index is 0.0367. The number of rotatable bonds is 6. The molecule has 7 heteroatoms. The van der Waals surface area contributed by atoms with Gasteiger partial charge in [0, 0.05) is 18.8 Å². The highest BCUT2D eigenvalue weighted by Gasteiger charge is 2.11. The molecule has 0 spiro atoms. The van der Waals surface area contributed by atoms with Crippen LogP contribution in [-0.2, 0) is 16.6 Å². The molecule has 0 saturated heterocycles. The lowest BCUT2D eigenvalue weighted by Crippen LogP contribution is -2.36. The van der Waals surface area contributed by atoms with Crippen molar-refractivity contribution in [3.63, 3.8) is 0 Å². The molecule has 1 unspecified atom stereocenters. The minimum atomic E-state index is -3.31. The van der Waals surface area contributed by atoms with Crippen molar-refractivity contribution in [1.82, 2.24) is 9.29 Å². The maximum atomic E-state index is 11.3. The Bertz CT molecular complexity index is 509. The van der Waals surface area contributed by atoms with Crippen molar-refractivity contribution in [2.45, 2.75) is 19.6 Å². The van der Waals surface area contributed by atoms with E-state index in [1.54, 1.807) is 18.3 Å². The fourth-order valence-corrected chi connectivity index (χ4v) is 1.88. The molecule has 1 heterocycles. The van der Waals surface area contributed by atoms with E-state index < -0.39 is 16.1 Å². The third-order valence-electron chi connectivity index (χ3n) is 2.23. The van der Waals surface area contributed by atoms with E-state index in [2.05, 4.69) is 4.72 Å². The third-order valence-corrected chi connectivity index (χ3v) is 3.59. The first kappa shape index (κ1) is 13.9. The van der Waals surface area contributed by atoms with E-state index in [4.69, 9.17) is 0 Å². The predicted molar refractivity (Wildman–Crippen MR) is 64.2 cm³/mol. The topological polar surface area (TPSA) is 88.4 Å². The zero-order valence-corrected chi connectivity index (χ0v) is 10.4. The molecule has 96 valence electrons. The Morgan fingerprint density at radius 2 is 2.18 bits per heavy atom. The molecule has 0 bridgehead atoms. The Morgan fingerprint density at radius 3 is 2.76 bits per heavy atom. The van der Waals surface area contributed by atoms with Crippen molar-refractivity contribution >= 4 is 10.0 Å². The number of aliphatic hydroxyl groups excluding tert-OH is 1. The molecule has 0 aliphatic heterocycles. The van der Waals surface area contributed by atoms with Gasteiger partial charge in [-0.15, -0.1) is 0 Å². The van der Waals surface area contributed by atoms with Crippen LogP contribution >= 0.6 is 0 Å². The third kappa shape index (κ3) is 4.68. The zero-order valence-electron chi connectivity index (χ0n) is 9.54. The summed E-state index contributed by atoms with van der Waals surface area (Å²) in [5.74, 6) is -0.0367. The van der Waals surface area contributed by atoms with Crippen LogP contribution in [0.5, 0.6) is 0 Å². The fraction of sp³-hybridized carbons (Fsp3) is 0.500. The van der Waals surface area contributed by atoms with Crippen LogP contribution in [0, 0.1) is 0 Å². The Morgan fingerprint density at radius 1 is 1.47 bits per heavy atom. The largest absolute Gasteiger partial charge is 0.390 e. The Labute approximate surface area is 100.0 Å². The lowest BCUT2D eigenvalue weighted by molar-refractivity contribution is 0.156. The Kier molecular flexibility index (Phi) is 4.86. The summed E-state index contributed by atoms with van der Waals surface area (Å²) in [6.07, 6.45) is 0.608. The van der Waals surface area contributed by atoms with E-state index in [-0.39, 0.29) is 24.4 Å². The van der Waals surface area contributed by atoms with Crippen LogP contribution in [0.15, 0.2) is 29.2 Å². The monoisotopic (exact) mass is 260 g/mol. The molecule has 1 aromatic rings. The summed E-state index contributed by atoms with van der Waals surface area (Å²) in [5.41, 5.74) is -0.232. The summed E-state index contributed by atoms with van der Waals surface area (Å²) >= 11 is 0. The number of aliphatic hydroxyl groups is 1. The van der Waals surface area contributed by atoms with Crippen molar-refractivity contribution < 1.29 is 13.5 Å². The molecular formula is C10H16N2O4S. The van der Waals surface area contributed by atoms with Crippen molar-refractivity contribution in [3.8, 4) is 0 Å². The number of hydrogen-bond acceptors (Lipinski definition) is 4. The number of nitrogens with one attached hydrogen (secondary N) is 1. The molecule has 1 rings (SSSR count). The van der Waals surface area contributed by atoms with Gasteiger partial charge in [0.25, 0.3) is 5.56 Å². The molecule has 0 fully saturated rings. The van der Waals surface area contributed by atoms with Gasteiger partial charge in [-0.25, -0.2) is 13.1 Å². The van der Waals surface area contributed by atoms with Crippen LogP contribution < -0.4 is 10.3 Å². The highest BCUT2D eigenvalue weighted by molar-refractivity contribution is 7.89. The number of nitrogens with zero attached hydrogens (tertiary/aromatic N) is 1. The molecule has 0 amide bonds. The van der Waals surface area contributed by atoms with Crippen LogP contribution in [0.4, 0.5) is 0 Å². The summed E-state index contributed by atoms with van der Waals surface area (Å²) in [4.78, 5) is 11.3.